The molecule has 0 radical (unpaired) electrons. The molecule has 2 rings (SSSR count). The van der Waals surface area contributed by atoms with Crippen LogP contribution in [0, 0.1) is 11.3 Å². The number of nitrogens with one attached hydrogen (secondary N) is 1. The van der Waals surface area contributed by atoms with Crippen molar-refractivity contribution in [1.29, 1.82) is 5.26 Å². The summed E-state index contributed by atoms with van der Waals surface area (Å²) in [7, 11) is 0. The minimum atomic E-state index is 0. The lowest BCUT2D eigenvalue weighted by Gasteiger charge is -2.34. The van der Waals surface area contributed by atoms with Gasteiger partial charge in [0.1, 0.15) is 5.75 Å². The average Bonchev–Trinajstić information content (AvgIpc) is 2.47. The molecule has 4 nitrogen and oxygen atoms in total. The number of ether oxygens (including phenoxy) is 1. The van der Waals surface area contributed by atoms with Crippen LogP contribution in [-0.4, -0.2) is 37.7 Å². The Labute approximate surface area is 139 Å². The molecular weight excluding hydrogens is 309 g/mol. The predicted molar refractivity (Wildman–Crippen MR) is 89.5 cm³/mol. The molecule has 1 aliphatic rings. The van der Waals surface area contributed by atoms with Crippen molar-refractivity contribution in [2.45, 2.75) is 19.4 Å². The van der Waals surface area contributed by atoms with Crippen LogP contribution in [0.15, 0.2) is 24.3 Å². The van der Waals surface area contributed by atoms with Crippen molar-refractivity contribution in [2.75, 3.05) is 32.8 Å². The van der Waals surface area contributed by atoms with Crippen molar-refractivity contribution in [3.8, 4) is 11.8 Å². The highest BCUT2D eigenvalue weighted by molar-refractivity contribution is 5.85. The fraction of sp³-hybridized carbons (Fsp3) is 0.533. The highest BCUT2D eigenvalue weighted by atomic mass is 35.5. The molecule has 118 valence electrons. The van der Waals surface area contributed by atoms with Crippen molar-refractivity contribution >= 4 is 24.8 Å². The zero-order chi connectivity index (χ0) is 13.5. The van der Waals surface area contributed by atoms with E-state index in [4.69, 9.17) is 10.00 Å². The van der Waals surface area contributed by atoms with Gasteiger partial charge in [0.2, 0.25) is 0 Å². The third kappa shape index (κ3) is 5.72. The van der Waals surface area contributed by atoms with Crippen LogP contribution < -0.4 is 10.1 Å². The molecule has 0 spiro atoms. The van der Waals surface area contributed by atoms with Gasteiger partial charge in [-0.25, -0.2) is 0 Å². The van der Waals surface area contributed by atoms with E-state index in [1.165, 1.54) is 5.56 Å². The Bertz CT molecular complexity index is 428. The maximum atomic E-state index is 9.05. The molecule has 1 N–H and O–H groups in total. The van der Waals surface area contributed by atoms with Crippen molar-refractivity contribution in [3.63, 3.8) is 0 Å². The fourth-order valence-corrected chi connectivity index (χ4v) is 2.49. The van der Waals surface area contributed by atoms with Crippen LogP contribution in [0.4, 0.5) is 0 Å². The summed E-state index contributed by atoms with van der Waals surface area (Å²) in [6, 6.07) is 10.6. The monoisotopic (exact) mass is 331 g/mol. The molecule has 1 atom stereocenters. The van der Waals surface area contributed by atoms with Gasteiger partial charge >= 0.3 is 0 Å². The second-order valence-electron chi connectivity index (χ2n) is 4.67. The van der Waals surface area contributed by atoms with Gasteiger partial charge in [0, 0.05) is 32.2 Å². The van der Waals surface area contributed by atoms with E-state index in [1.807, 2.05) is 19.1 Å². The SMILES string of the molecule is CCOc1ccc([C@H](CC#N)N2CCNCC2)cc1.Cl.Cl. The largest absolute Gasteiger partial charge is 0.494 e. The molecule has 0 bridgehead atoms. The van der Waals surface area contributed by atoms with Crippen LogP contribution in [0.25, 0.3) is 0 Å². The maximum absolute atomic E-state index is 9.05. The van der Waals surface area contributed by atoms with Gasteiger partial charge in [0.05, 0.1) is 19.1 Å². The number of hydrogen-bond acceptors (Lipinski definition) is 4. The molecule has 0 aromatic heterocycles. The Balaban J connectivity index is 0.00000200. The van der Waals surface area contributed by atoms with Gasteiger partial charge < -0.3 is 10.1 Å². The first-order chi connectivity index (χ1) is 9.35. The van der Waals surface area contributed by atoms with E-state index in [0.29, 0.717) is 13.0 Å². The van der Waals surface area contributed by atoms with E-state index in [9.17, 15) is 0 Å². The Morgan fingerprint density at radius 2 is 1.86 bits per heavy atom. The summed E-state index contributed by atoms with van der Waals surface area (Å²) in [5, 5.41) is 12.4. The quantitative estimate of drug-likeness (QED) is 0.901. The average molecular weight is 332 g/mol. The summed E-state index contributed by atoms with van der Waals surface area (Å²) in [6.07, 6.45) is 0.536. The van der Waals surface area contributed by atoms with Crippen LogP contribution >= 0.6 is 24.8 Å². The van der Waals surface area contributed by atoms with Gasteiger partial charge in [0.15, 0.2) is 0 Å². The number of hydrogen-bond donors (Lipinski definition) is 1. The lowest BCUT2D eigenvalue weighted by molar-refractivity contribution is 0.175. The lowest BCUT2D eigenvalue weighted by Crippen LogP contribution is -2.45. The van der Waals surface area contributed by atoms with Gasteiger partial charge in [-0.1, -0.05) is 12.1 Å². The molecular formula is C15H23Cl2N3O. The van der Waals surface area contributed by atoms with Crippen molar-refractivity contribution in [3.05, 3.63) is 29.8 Å². The first-order valence-corrected chi connectivity index (χ1v) is 6.89. The smallest absolute Gasteiger partial charge is 0.119 e. The molecule has 0 aliphatic carbocycles. The highest BCUT2D eigenvalue weighted by Crippen LogP contribution is 2.26. The molecule has 0 amide bonds. The summed E-state index contributed by atoms with van der Waals surface area (Å²) >= 11 is 0. The first kappa shape index (κ1) is 20.0. The molecule has 0 saturated carbocycles. The van der Waals surface area contributed by atoms with E-state index in [1.54, 1.807) is 0 Å². The van der Waals surface area contributed by atoms with Crippen LogP contribution in [0.3, 0.4) is 0 Å². The molecule has 21 heavy (non-hydrogen) atoms. The Morgan fingerprint density at radius 1 is 1.24 bits per heavy atom. The van der Waals surface area contributed by atoms with Crippen LogP contribution in [-0.2, 0) is 0 Å². The highest BCUT2D eigenvalue weighted by Gasteiger charge is 2.21. The van der Waals surface area contributed by atoms with Gasteiger partial charge in [-0.3, -0.25) is 4.90 Å². The van der Waals surface area contributed by atoms with E-state index in [0.717, 1.165) is 31.9 Å². The van der Waals surface area contributed by atoms with Gasteiger partial charge in [-0.15, -0.1) is 24.8 Å². The minimum Gasteiger partial charge on any atom is -0.494 e. The predicted octanol–water partition coefficient (Wildman–Crippen LogP) is 2.79. The summed E-state index contributed by atoms with van der Waals surface area (Å²) in [6.45, 7) is 6.66. The summed E-state index contributed by atoms with van der Waals surface area (Å²) in [5.41, 5.74) is 1.20. The lowest BCUT2D eigenvalue weighted by atomic mass is 10.0. The maximum Gasteiger partial charge on any atom is 0.119 e. The van der Waals surface area contributed by atoms with E-state index >= 15 is 0 Å². The van der Waals surface area contributed by atoms with Crippen LogP contribution in [0.5, 0.6) is 5.75 Å². The van der Waals surface area contributed by atoms with E-state index in [-0.39, 0.29) is 30.9 Å². The fourth-order valence-electron chi connectivity index (χ4n) is 2.49. The van der Waals surface area contributed by atoms with Gasteiger partial charge in [-0.05, 0) is 24.6 Å². The summed E-state index contributed by atoms with van der Waals surface area (Å²) < 4.78 is 5.46. The standard InChI is InChI=1S/C15H21N3O.2ClH/c1-2-19-14-5-3-13(4-6-14)15(7-8-16)18-11-9-17-10-12-18;;/h3-6,15,17H,2,7,9-12H2,1H3;2*1H/t15-;;/m0../s1. The molecule has 6 heteroatoms. The summed E-state index contributed by atoms with van der Waals surface area (Å²) in [4.78, 5) is 2.38. The molecule has 1 aliphatic heterocycles. The number of piperazine rings is 1. The van der Waals surface area contributed by atoms with Crippen LogP contribution in [0.2, 0.25) is 0 Å². The van der Waals surface area contributed by atoms with E-state index in [2.05, 4.69) is 28.4 Å². The third-order valence-corrected chi connectivity index (χ3v) is 3.45. The summed E-state index contributed by atoms with van der Waals surface area (Å²) in [5.74, 6) is 0.891. The number of halogens is 2. The zero-order valence-corrected chi connectivity index (χ0v) is 13.9. The van der Waals surface area contributed by atoms with Crippen molar-refractivity contribution in [1.82, 2.24) is 10.2 Å². The molecule has 0 unspecified atom stereocenters. The molecule has 1 saturated heterocycles. The number of benzene rings is 1. The third-order valence-electron chi connectivity index (χ3n) is 3.45. The number of rotatable bonds is 5. The van der Waals surface area contributed by atoms with Gasteiger partial charge in [0.25, 0.3) is 0 Å². The van der Waals surface area contributed by atoms with Crippen LogP contribution in [0.1, 0.15) is 24.9 Å². The Hall–Kier alpha value is -0.990. The number of nitriles is 1. The molecule has 1 aromatic carbocycles. The minimum absolute atomic E-state index is 0. The molecule has 1 heterocycles. The molecule has 1 aromatic rings. The first-order valence-electron chi connectivity index (χ1n) is 6.89. The second kappa shape index (κ2) is 10.7. The van der Waals surface area contributed by atoms with Crippen molar-refractivity contribution in [2.24, 2.45) is 0 Å². The Kier molecular flexibility index (Phi) is 10.2. The Morgan fingerprint density at radius 3 is 2.38 bits per heavy atom. The van der Waals surface area contributed by atoms with Crippen molar-refractivity contribution < 1.29 is 4.74 Å². The number of nitrogens with zero attached hydrogens (tertiary/aromatic N) is 2. The topological polar surface area (TPSA) is 48.3 Å². The van der Waals surface area contributed by atoms with E-state index < -0.39 is 0 Å². The van der Waals surface area contributed by atoms with Gasteiger partial charge in [-0.2, -0.15) is 5.26 Å². The zero-order valence-electron chi connectivity index (χ0n) is 12.2. The second-order valence-corrected chi connectivity index (χ2v) is 4.67. The normalized spacial score (nSPS) is 16.0. The molecule has 1 fully saturated rings.